The van der Waals surface area contributed by atoms with E-state index in [-0.39, 0.29) is 12.0 Å². The lowest BCUT2D eigenvalue weighted by Crippen LogP contribution is -2.37. The Bertz CT molecular complexity index is 842. The van der Waals surface area contributed by atoms with Gasteiger partial charge in [-0.1, -0.05) is 50.2 Å². The van der Waals surface area contributed by atoms with Gasteiger partial charge in [0.1, 0.15) is 0 Å². The summed E-state index contributed by atoms with van der Waals surface area (Å²) in [6.45, 7) is 6.03. The van der Waals surface area contributed by atoms with Gasteiger partial charge >= 0.3 is 11.8 Å². The van der Waals surface area contributed by atoms with Gasteiger partial charge in [-0.3, -0.25) is 9.59 Å². The van der Waals surface area contributed by atoms with Crippen LogP contribution in [0.2, 0.25) is 0 Å². The molecule has 142 valence electrons. The van der Waals surface area contributed by atoms with E-state index in [1.54, 1.807) is 0 Å². The number of benzene rings is 2. The van der Waals surface area contributed by atoms with Crippen LogP contribution < -0.4 is 10.6 Å². The van der Waals surface area contributed by atoms with Gasteiger partial charge in [0.05, 0.1) is 6.04 Å². The van der Waals surface area contributed by atoms with E-state index in [9.17, 15) is 9.59 Å². The Labute approximate surface area is 161 Å². The molecule has 3 rings (SSSR count). The molecule has 2 aromatic rings. The maximum absolute atomic E-state index is 12.4. The van der Waals surface area contributed by atoms with Crippen LogP contribution in [-0.2, 0) is 22.4 Å². The summed E-state index contributed by atoms with van der Waals surface area (Å²) in [7, 11) is 0. The maximum Gasteiger partial charge on any atom is 0.313 e. The van der Waals surface area contributed by atoms with Crippen LogP contribution in [0.5, 0.6) is 0 Å². The Morgan fingerprint density at radius 3 is 2.33 bits per heavy atom. The zero-order valence-electron chi connectivity index (χ0n) is 16.3. The molecular formula is C23H28N2O2. The lowest BCUT2D eigenvalue weighted by Gasteiger charge is -2.20. The van der Waals surface area contributed by atoms with E-state index in [2.05, 4.69) is 42.7 Å². The number of carbonyl (C=O) groups excluding carboxylic acids is 2. The van der Waals surface area contributed by atoms with Gasteiger partial charge in [0.2, 0.25) is 0 Å². The summed E-state index contributed by atoms with van der Waals surface area (Å²) in [6.07, 6.45) is 4.69. The molecular weight excluding hydrogens is 336 g/mol. The zero-order valence-corrected chi connectivity index (χ0v) is 16.3. The topological polar surface area (TPSA) is 58.2 Å². The minimum Gasteiger partial charge on any atom is -0.341 e. The molecule has 2 aromatic carbocycles. The van der Waals surface area contributed by atoms with Crippen molar-refractivity contribution in [1.82, 2.24) is 5.32 Å². The molecule has 0 radical (unpaired) electrons. The molecule has 0 heterocycles. The Hall–Kier alpha value is -2.62. The molecule has 0 fully saturated rings. The second-order valence-electron chi connectivity index (χ2n) is 7.63. The number of hydrogen-bond donors (Lipinski definition) is 2. The quantitative estimate of drug-likeness (QED) is 0.785. The van der Waals surface area contributed by atoms with Crippen molar-refractivity contribution in [2.75, 3.05) is 5.32 Å². The number of rotatable bonds is 4. The first-order chi connectivity index (χ1) is 13.0. The Morgan fingerprint density at radius 1 is 0.889 bits per heavy atom. The van der Waals surface area contributed by atoms with Gasteiger partial charge < -0.3 is 10.6 Å². The number of anilines is 1. The summed E-state index contributed by atoms with van der Waals surface area (Å²) in [5.41, 5.74) is 5.52. The molecule has 27 heavy (non-hydrogen) atoms. The monoisotopic (exact) mass is 364 g/mol. The SMILES string of the molecule is CC(C)c1ccccc1NC(=O)C(=O)NC(C)c1ccc2c(c1)CCCC2. The minimum atomic E-state index is -0.632. The third-order valence-corrected chi connectivity index (χ3v) is 5.26. The van der Waals surface area contributed by atoms with Crippen LogP contribution in [0.15, 0.2) is 42.5 Å². The van der Waals surface area contributed by atoms with Crippen molar-refractivity contribution in [3.8, 4) is 0 Å². The van der Waals surface area contributed by atoms with Crippen LogP contribution in [0, 0.1) is 0 Å². The standard InChI is InChI=1S/C23H28N2O2/c1-15(2)20-10-6-7-11-21(20)25-23(27)22(26)24-16(3)18-13-12-17-8-4-5-9-19(17)14-18/h6-7,10-16H,4-5,8-9H2,1-3H3,(H,24,26)(H,25,27). The molecule has 2 amide bonds. The normalized spacial score (nSPS) is 14.4. The fourth-order valence-corrected chi connectivity index (χ4v) is 3.66. The van der Waals surface area contributed by atoms with Crippen LogP contribution in [0.3, 0.4) is 0 Å². The summed E-state index contributed by atoms with van der Waals surface area (Å²) in [6, 6.07) is 13.8. The van der Waals surface area contributed by atoms with Gasteiger partial charge in [-0.25, -0.2) is 0 Å². The van der Waals surface area contributed by atoms with Crippen LogP contribution >= 0.6 is 0 Å². The predicted molar refractivity (Wildman–Crippen MR) is 109 cm³/mol. The second-order valence-corrected chi connectivity index (χ2v) is 7.63. The van der Waals surface area contributed by atoms with E-state index < -0.39 is 11.8 Å². The van der Waals surface area contributed by atoms with Gasteiger partial charge in [0.25, 0.3) is 0 Å². The number of fused-ring (bicyclic) bond motifs is 1. The first kappa shape index (κ1) is 19.2. The zero-order chi connectivity index (χ0) is 19.4. The average molecular weight is 364 g/mol. The van der Waals surface area contributed by atoms with Crippen molar-refractivity contribution in [3.05, 3.63) is 64.7 Å². The second kappa shape index (κ2) is 8.38. The summed E-state index contributed by atoms with van der Waals surface area (Å²) < 4.78 is 0. The summed E-state index contributed by atoms with van der Waals surface area (Å²) in [5.74, 6) is -0.981. The van der Waals surface area contributed by atoms with E-state index in [1.807, 2.05) is 31.2 Å². The van der Waals surface area contributed by atoms with Gasteiger partial charge in [0, 0.05) is 5.69 Å². The first-order valence-electron chi connectivity index (χ1n) is 9.78. The fraction of sp³-hybridized carbons (Fsp3) is 0.391. The Balaban J connectivity index is 1.65. The highest BCUT2D eigenvalue weighted by atomic mass is 16.2. The molecule has 0 bridgehead atoms. The number of nitrogens with one attached hydrogen (secondary N) is 2. The molecule has 4 nitrogen and oxygen atoms in total. The lowest BCUT2D eigenvalue weighted by molar-refractivity contribution is -0.136. The van der Waals surface area contributed by atoms with Crippen molar-refractivity contribution in [3.63, 3.8) is 0 Å². The lowest BCUT2D eigenvalue weighted by atomic mass is 9.89. The summed E-state index contributed by atoms with van der Waals surface area (Å²) >= 11 is 0. The molecule has 0 aromatic heterocycles. The highest BCUT2D eigenvalue weighted by Crippen LogP contribution is 2.25. The van der Waals surface area contributed by atoms with Crippen LogP contribution in [-0.4, -0.2) is 11.8 Å². The van der Waals surface area contributed by atoms with E-state index in [0.717, 1.165) is 24.0 Å². The van der Waals surface area contributed by atoms with Crippen molar-refractivity contribution in [2.24, 2.45) is 0 Å². The van der Waals surface area contributed by atoms with Crippen molar-refractivity contribution >= 4 is 17.5 Å². The van der Waals surface area contributed by atoms with E-state index in [4.69, 9.17) is 0 Å². The number of hydrogen-bond acceptors (Lipinski definition) is 2. The van der Waals surface area contributed by atoms with Crippen molar-refractivity contribution < 1.29 is 9.59 Å². The summed E-state index contributed by atoms with van der Waals surface area (Å²) in [5, 5.41) is 5.57. The molecule has 4 heteroatoms. The number of amides is 2. The fourth-order valence-electron chi connectivity index (χ4n) is 3.66. The molecule has 1 aliphatic carbocycles. The molecule has 0 spiro atoms. The van der Waals surface area contributed by atoms with Gasteiger partial charge in [-0.05, 0) is 66.8 Å². The molecule has 1 aliphatic rings. The van der Waals surface area contributed by atoms with Crippen LogP contribution in [0.1, 0.15) is 67.8 Å². The third kappa shape index (κ3) is 4.57. The number of para-hydroxylation sites is 1. The van der Waals surface area contributed by atoms with E-state index >= 15 is 0 Å². The molecule has 0 saturated heterocycles. The highest BCUT2D eigenvalue weighted by molar-refractivity contribution is 6.39. The van der Waals surface area contributed by atoms with Gasteiger partial charge in [0.15, 0.2) is 0 Å². The number of aryl methyl sites for hydroxylation is 2. The highest BCUT2D eigenvalue weighted by Gasteiger charge is 2.20. The minimum absolute atomic E-state index is 0.212. The Kier molecular flexibility index (Phi) is 5.94. The van der Waals surface area contributed by atoms with E-state index in [1.165, 1.54) is 24.0 Å². The summed E-state index contributed by atoms with van der Waals surface area (Å²) in [4.78, 5) is 24.7. The average Bonchev–Trinajstić information content (AvgIpc) is 2.67. The molecule has 2 N–H and O–H groups in total. The molecule has 0 aliphatic heterocycles. The number of carbonyl (C=O) groups is 2. The largest absolute Gasteiger partial charge is 0.341 e. The van der Waals surface area contributed by atoms with Crippen LogP contribution in [0.4, 0.5) is 5.69 Å². The van der Waals surface area contributed by atoms with E-state index in [0.29, 0.717) is 5.69 Å². The van der Waals surface area contributed by atoms with Crippen LogP contribution in [0.25, 0.3) is 0 Å². The Morgan fingerprint density at radius 2 is 1.59 bits per heavy atom. The molecule has 1 atom stereocenters. The third-order valence-electron chi connectivity index (χ3n) is 5.26. The molecule has 0 saturated carbocycles. The smallest absolute Gasteiger partial charge is 0.313 e. The van der Waals surface area contributed by atoms with Gasteiger partial charge in [-0.2, -0.15) is 0 Å². The van der Waals surface area contributed by atoms with Crippen molar-refractivity contribution in [2.45, 2.75) is 58.4 Å². The molecule has 1 unspecified atom stereocenters. The van der Waals surface area contributed by atoms with Crippen molar-refractivity contribution in [1.29, 1.82) is 0 Å². The first-order valence-corrected chi connectivity index (χ1v) is 9.78. The predicted octanol–water partition coefficient (Wildman–Crippen LogP) is 4.50. The van der Waals surface area contributed by atoms with Gasteiger partial charge in [-0.15, -0.1) is 0 Å². The maximum atomic E-state index is 12.4.